The highest BCUT2D eigenvalue weighted by Crippen LogP contribution is 2.26. The first kappa shape index (κ1) is 10.0. The maximum absolute atomic E-state index is 11.3. The summed E-state index contributed by atoms with van der Waals surface area (Å²) in [4.78, 5) is 13.9. The Hall–Kier alpha value is -0.510. The Morgan fingerprint density at radius 2 is 1.93 bits per heavy atom. The number of nitrogens with one attached hydrogen (secondary N) is 1. The van der Waals surface area contributed by atoms with Gasteiger partial charge >= 0.3 is 0 Å². The van der Waals surface area contributed by atoms with Crippen molar-refractivity contribution < 1.29 is 0 Å². The molecule has 0 spiro atoms. The fourth-order valence-electron chi connectivity index (χ4n) is 1.21. The van der Waals surface area contributed by atoms with Gasteiger partial charge in [0.25, 0.3) is 5.56 Å². The predicted octanol–water partition coefficient (Wildman–Crippen LogP) is 3.60. The van der Waals surface area contributed by atoms with Crippen LogP contribution in [0.25, 0.3) is 10.9 Å². The third-order valence-electron chi connectivity index (χ3n) is 1.82. The summed E-state index contributed by atoms with van der Waals surface area (Å²) in [7, 11) is 0. The molecule has 0 saturated heterocycles. The molecule has 72 valence electrons. The molecule has 1 heterocycles. The number of rotatable bonds is 0. The number of pyridine rings is 1. The number of aromatic nitrogens is 1. The quantitative estimate of drug-likeness (QED) is 0.791. The van der Waals surface area contributed by atoms with E-state index in [2.05, 4.69) is 20.9 Å². The molecular formula is C9H4BrCl2NO. The van der Waals surface area contributed by atoms with E-state index >= 15 is 0 Å². The lowest BCUT2D eigenvalue weighted by atomic mass is 10.2. The fourth-order valence-corrected chi connectivity index (χ4v) is 2.12. The molecule has 0 amide bonds. The van der Waals surface area contributed by atoms with Crippen LogP contribution in [-0.4, -0.2) is 4.98 Å². The van der Waals surface area contributed by atoms with Gasteiger partial charge in [-0.25, -0.2) is 0 Å². The summed E-state index contributed by atoms with van der Waals surface area (Å²) in [6.45, 7) is 0. The summed E-state index contributed by atoms with van der Waals surface area (Å²) in [5.41, 5.74) is 0.394. The topological polar surface area (TPSA) is 32.9 Å². The fraction of sp³-hybridized carbons (Fsp3) is 0. The van der Waals surface area contributed by atoms with Gasteiger partial charge in [-0.15, -0.1) is 0 Å². The van der Waals surface area contributed by atoms with Crippen molar-refractivity contribution >= 4 is 50.0 Å². The minimum Gasteiger partial charge on any atom is -0.320 e. The minimum absolute atomic E-state index is 0.207. The predicted molar refractivity (Wildman–Crippen MR) is 62.3 cm³/mol. The molecule has 5 heteroatoms. The largest absolute Gasteiger partial charge is 0.320 e. The highest BCUT2D eigenvalue weighted by molar-refractivity contribution is 9.10. The van der Waals surface area contributed by atoms with Crippen molar-refractivity contribution in [2.75, 3.05) is 0 Å². The first-order valence-electron chi connectivity index (χ1n) is 3.75. The summed E-state index contributed by atoms with van der Waals surface area (Å²) in [6.07, 6.45) is 0. The molecule has 0 bridgehead atoms. The van der Waals surface area contributed by atoms with Gasteiger partial charge in [-0.1, -0.05) is 23.2 Å². The van der Waals surface area contributed by atoms with Gasteiger partial charge in [-0.2, -0.15) is 0 Å². The normalized spacial score (nSPS) is 10.8. The maximum Gasteiger partial charge on any atom is 0.262 e. The van der Waals surface area contributed by atoms with Crippen molar-refractivity contribution in [3.63, 3.8) is 0 Å². The number of benzene rings is 1. The van der Waals surface area contributed by atoms with Gasteiger partial charge in [0.05, 0.1) is 15.0 Å². The molecule has 14 heavy (non-hydrogen) atoms. The lowest BCUT2D eigenvalue weighted by molar-refractivity contribution is 1.28. The molecule has 0 unspecified atom stereocenters. The van der Waals surface area contributed by atoms with E-state index in [-0.39, 0.29) is 5.56 Å². The van der Waals surface area contributed by atoms with Crippen LogP contribution in [0.3, 0.4) is 0 Å². The van der Waals surface area contributed by atoms with Gasteiger partial charge in [0, 0.05) is 10.4 Å². The van der Waals surface area contributed by atoms with Gasteiger partial charge in [-0.05, 0) is 34.1 Å². The zero-order chi connectivity index (χ0) is 10.3. The van der Waals surface area contributed by atoms with E-state index in [0.29, 0.717) is 20.0 Å². The van der Waals surface area contributed by atoms with Crippen LogP contribution in [0, 0.1) is 0 Å². The van der Waals surface area contributed by atoms with E-state index in [9.17, 15) is 4.79 Å². The molecule has 0 radical (unpaired) electrons. The van der Waals surface area contributed by atoms with E-state index in [1.54, 1.807) is 18.2 Å². The van der Waals surface area contributed by atoms with Gasteiger partial charge in [0.1, 0.15) is 0 Å². The van der Waals surface area contributed by atoms with Crippen LogP contribution in [0.1, 0.15) is 0 Å². The van der Waals surface area contributed by atoms with Gasteiger partial charge < -0.3 is 4.98 Å². The Labute approximate surface area is 98.0 Å². The van der Waals surface area contributed by atoms with E-state index < -0.39 is 0 Å². The smallest absolute Gasteiger partial charge is 0.262 e. The molecule has 0 aliphatic heterocycles. The van der Waals surface area contributed by atoms with Crippen LogP contribution < -0.4 is 5.56 Å². The number of halogens is 3. The number of hydrogen-bond donors (Lipinski definition) is 1. The summed E-state index contributed by atoms with van der Waals surface area (Å²) in [5.74, 6) is 0. The molecule has 1 aromatic carbocycles. The maximum atomic E-state index is 11.3. The molecule has 2 nitrogen and oxygen atoms in total. The number of fused-ring (bicyclic) bond motifs is 1. The van der Waals surface area contributed by atoms with Crippen molar-refractivity contribution in [2.45, 2.75) is 0 Å². The van der Waals surface area contributed by atoms with Crippen molar-refractivity contribution in [3.05, 3.63) is 43.1 Å². The summed E-state index contributed by atoms with van der Waals surface area (Å²) in [5, 5.41) is 1.78. The van der Waals surface area contributed by atoms with Crippen LogP contribution in [-0.2, 0) is 0 Å². The summed E-state index contributed by atoms with van der Waals surface area (Å²) >= 11 is 14.9. The lowest BCUT2D eigenvalue weighted by Crippen LogP contribution is -2.05. The van der Waals surface area contributed by atoms with Crippen molar-refractivity contribution in [1.82, 2.24) is 4.98 Å². The SMILES string of the molecule is O=c1[nH]c2c(Cl)cc(Cl)cc2cc1Br. The van der Waals surface area contributed by atoms with Gasteiger partial charge in [0.15, 0.2) is 0 Å². The monoisotopic (exact) mass is 291 g/mol. The van der Waals surface area contributed by atoms with Gasteiger partial charge in [-0.3, -0.25) is 4.79 Å². The van der Waals surface area contributed by atoms with Crippen molar-refractivity contribution in [2.24, 2.45) is 0 Å². The zero-order valence-corrected chi connectivity index (χ0v) is 9.87. The van der Waals surface area contributed by atoms with E-state index in [1.165, 1.54) is 0 Å². The third-order valence-corrected chi connectivity index (χ3v) is 2.93. The average molecular weight is 293 g/mol. The second-order valence-corrected chi connectivity index (χ2v) is 4.50. The van der Waals surface area contributed by atoms with Crippen molar-refractivity contribution in [3.8, 4) is 0 Å². The Morgan fingerprint density at radius 1 is 1.21 bits per heavy atom. The molecule has 2 rings (SSSR count). The molecule has 1 aromatic heterocycles. The van der Waals surface area contributed by atoms with E-state index in [1.807, 2.05) is 0 Å². The van der Waals surface area contributed by atoms with E-state index in [4.69, 9.17) is 23.2 Å². The highest BCUT2D eigenvalue weighted by atomic mass is 79.9. The van der Waals surface area contributed by atoms with Crippen molar-refractivity contribution in [1.29, 1.82) is 0 Å². The van der Waals surface area contributed by atoms with Crippen LogP contribution in [0.4, 0.5) is 0 Å². The summed E-state index contributed by atoms with van der Waals surface area (Å²) < 4.78 is 0.461. The molecule has 0 atom stereocenters. The average Bonchev–Trinajstić information content (AvgIpc) is 2.08. The van der Waals surface area contributed by atoms with E-state index in [0.717, 1.165) is 5.39 Å². The Bertz CT molecular complexity index is 564. The first-order valence-corrected chi connectivity index (χ1v) is 5.30. The molecule has 0 aliphatic rings. The molecule has 0 aliphatic carbocycles. The Kier molecular flexibility index (Phi) is 2.56. The van der Waals surface area contributed by atoms with Crippen LogP contribution >= 0.6 is 39.1 Å². The lowest BCUT2D eigenvalue weighted by Gasteiger charge is -2.01. The molecule has 2 aromatic rings. The highest BCUT2D eigenvalue weighted by Gasteiger charge is 2.04. The van der Waals surface area contributed by atoms with Crippen LogP contribution in [0.15, 0.2) is 27.5 Å². The number of H-pyrrole nitrogens is 1. The zero-order valence-electron chi connectivity index (χ0n) is 6.77. The first-order chi connectivity index (χ1) is 6.58. The molecular weight excluding hydrogens is 289 g/mol. The second kappa shape index (κ2) is 3.57. The molecule has 1 N–H and O–H groups in total. The van der Waals surface area contributed by atoms with Gasteiger partial charge in [0.2, 0.25) is 0 Å². The minimum atomic E-state index is -0.207. The second-order valence-electron chi connectivity index (χ2n) is 2.80. The molecule has 0 fully saturated rings. The number of aromatic amines is 1. The standard InChI is InChI=1S/C9H4BrCl2NO/c10-6-2-4-1-5(11)3-7(12)8(4)13-9(6)14/h1-3H,(H,13,14). The number of hydrogen-bond acceptors (Lipinski definition) is 1. The third kappa shape index (κ3) is 1.67. The molecule has 0 saturated carbocycles. The van der Waals surface area contributed by atoms with Crippen LogP contribution in [0.5, 0.6) is 0 Å². The Morgan fingerprint density at radius 3 is 2.64 bits per heavy atom. The summed E-state index contributed by atoms with van der Waals surface area (Å²) in [6, 6.07) is 5.02. The van der Waals surface area contributed by atoms with Crippen LogP contribution in [0.2, 0.25) is 10.0 Å². The Balaban J connectivity index is 2.96.